The molecule has 1 aromatic heterocycles. The highest BCUT2D eigenvalue weighted by atomic mass is 16.5. The molecule has 0 atom stereocenters. The van der Waals surface area contributed by atoms with Crippen LogP contribution in [-0.2, 0) is 6.54 Å². The summed E-state index contributed by atoms with van der Waals surface area (Å²) >= 11 is 0. The van der Waals surface area contributed by atoms with Crippen molar-refractivity contribution in [3.05, 3.63) is 24.0 Å². The lowest BCUT2D eigenvalue weighted by Crippen LogP contribution is -2.26. The smallest absolute Gasteiger partial charge is 0.123 e. The Bertz CT molecular complexity index is 323. The van der Waals surface area contributed by atoms with Crippen LogP contribution in [0.25, 0.3) is 0 Å². The Morgan fingerprint density at radius 1 is 1.38 bits per heavy atom. The van der Waals surface area contributed by atoms with Gasteiger partial charge in [-0.25, -0.2) is 0 Å². The normalized spacial score (nSPS) is 11.5. The average Bonchev–Trinajstić information content (AvgIpc) is 2.26. The van der Waals surface area contributed by atoms with Crippen molar-refractivity contribution in [1.29, 1.82) is 0 Å². The fraction of sp³-hybridized carbons (Fsp3) is 0.615. The molecule has 0 unspecified atom stereocenters. The molecule has 3 heteroatoms. The maximum atomic E-state index is 5.90. The zero-order chi connectivity index (χ0) is 12.0. The molecule has 0 bridgehead atoms. The molecule has 0 spiro atoms. The maximum Gasteiger partial charge on any atom is 0.123 e. The molecule has 0 saturated carbocycles. The van der Waals surface area contributed by atoms with E-state index in [1.807, 2.05) is 12.1 Å². The van der Waals surface area contributed by atoms with Gasteiger partial charge in [0.1, 0.15) is 11.4 Å². The van der Waals surface area contributed by atoms with Crippen molar-refractivity contribution in [2.45, 2.75) is 46.3 Å². The van der Waals surface area contributed by atoms with Gasteiger partial charge in [0, 0.05) is 18.8 Å². The van der Waals surface area contributed by atoms with Gasteiger partial charge in [0.25, 0.3) is 0 Å². The van der Waals surface area contributed by atoms with Crippen LogP contribution >= 0.6 is 0 Å². The summed E-state index contributed by atoms with van der Waals surface area (Å²) in [5.74, 6) is 0.898. The molecule has 1 heterocycles. The van der Waals surface area contributed by atoms with Crippen LogP contribution in [0.5, 0.6) is 5.75 Å². The molecule has 0 fully saturated rings. The third-order valence-electron chi connectivity index (χ3n) is 2.59. The first-order valence-corrected chi connectivity index (χ1v) is 5.92. The van der Waals surface area contributed by atoms with E-state index in [1.54, 1.807) is 6.20 Å². The van der Waals surface area contributed by atoms with Crippen molar-refractivity contribution >= 4 is 0 Å². The van der Waals surface area contributed by atoms with Crippen molar-refractivity contribution in [2.75, 3.05) is 6.54 Å². The van der Waals surface area contributed by atoms with Crippen LogP contribution in [0.15, 0.2) is 18.3 Å². The highest BCUT2D eigenvalue weighted by molar-refractivity contribution is 5.23. The van der Waals surface area contributed by atoms with Crippen LogP contribution < -0.4 is 10.1 Å². The number of aromatic nitrogens is 1. The summed E-state index contributed by atoms with van der Waals surface area (Å²) in [4.78, 5) is 4.29. The Labute approximate surface area is 98.2 Å². The van der Waals surface area contributed by atoms with Gasteiger partial charge in [-0.15, -0.1) is 0 Å². The highest BCUT2D eigenvalue weighted by Crippen LogP contribution is 2.20. The predicted octanol–water partition coefficient (Wildman–Crippen LogP) is 2.76. The molecule has 0 radical (unpaired) electrons. The van der Waals surface area contributed by atoms with E-state index in [9.17, 15) is 0 Å². The van der Waals surface area contributed by atoms with Crippen molar-refractivity contribution in [2.24, 2.45) is 0 Å². The lowest BCUT2D eigenvalue weighted by Gasteiger charge is -2.24. The number of pyridine rings is 1. The fourth-order valence-electron chi connectivity index (χ4n) is 1.26. The fourth-order valence-corrected chi connectivity index (χ4v) is 1.26. The Kier molecular flexibility index (Phi) is 4.74. The molecule has 1 rings (SSSR count). The van der Waals surface area contributed by atoms with E-state index in [0.29, 0.717) is 0 Å². The molecule has 90 valence electrons. The third-order valence-corrected chi connectivity index (χ3v) is 2.59. The molecular weight excluding hydrogens is 200 g/mol. The molecule has 0 saturated heterocycles. The zero-order valence-corrected chi connectivity index (χ0v) is 10.7. The topological polar surface area (TPSA) is 34.1 Å². The average molecular weight is 222 g/mol. The first-order chi connectivity index (χ1) is 7.57. The second-order valence-corrected chi connectivity index (χ2v) is 4.48. The van der Waals surface area contributed by atoms with Gasteiger partial charge < -0.3 is 10.1 Å². The van der Waals surface area contributed by atoms with E-state index >= 15 is 0 Å². The van der Waals surface area contributed by atoms with Crippen LogP contribution in [0.2, 0.25) is 0 Å². The monoisotopic (exact) mass is 222 g/mol. The zero-order valence-electron chi connectivity index (χ0n) is 10.7. The minimum Gasteiger partial charge on any atom is -0.488 e. The van der Waals surface area contributed by atoms with E-state index in [0.717, 1.165) is 31.0 Å². The van der Waals surface area contributed by atoms with E-state index in [1.165, 1.54) is 0 Å². The van der Waals surface area contributed by atoms with Gasteiger partial charge in [0.05, 0.1) is 5.69 Å². The second kappa shape index (κ2) is 5.85. The lowest BCUT2D eigenvalue weighted by atomic mass is 10.1. The lowest BCUT2D eigenvalue weighted by molar-refractivity contribution is 0.105. The Morgan fingerprint density at radius 2 is 2.12 bits per heavy atom. The summed E-state index contributed by atoms with van der Waals surface area (Å²) in [5.41, 5.74) is 0.905. The second-order valence-electron chi connectivity index (χ2n) is 4.48. The molecule has 0 aliphatic rings. The number of nitrogens with zero attached hydrogens (tertiary/aromatic N) is 1. The minimum atomic E-state index is -0.114. The van der Waals surface area contributed by atoms with Gasteiger partial charge in [-0.3, -0.25) is 4.98 Å². The standard InChI is InChI=1S/C13H22N2O/c1-5-13(3,4)16-12-7-8-15-11(9-12)10-14-6-2/h7-9,14H,5-6,10H2,1-4H3. The first-order valence-electron chi connectivity index (χ1n) is 5.92. The third kappa shape index (κ3) is 4.19. The van der Waals surface area contributed by atoms with Crippen molar-refractivity contribution in [3.63, 3.8) is 0 Å². The van der Waals surface area contributed by atoms with E-state index in [4.69, 9.17) is 4.74 Å². The number of hydrogen-bond acceptors (Lipinski definition) is 3. The number of ether oxygens (including phenoxy) is 1. The summed E-state index contributed by atoms with van der Waals surface area (Å²) < 4.78 is 5.90. The minimum absolute atomic E-state index is 0.114. The van der Waals surface area contributed by atoms with Gasteiger partial charge in [-0.2, -0.15) is 0 Å². The highest BCUT2D eigenvalue weighted by Gasteiger charge is 2.16. The summed E-state index contributed by atoms with van der Waals surface area (Å²) in [6.07, 6.45) is 2.78. The largest absolute Gasteiger partial charge is 0.488 e. The predicted molar refractivity (Wildman–Crippen MR) is 66.6 cm³/mol. The van der Waals surface area contributed by atoms with E-state index < -0.39 is 0 Å². The number of rotatable bonds is 6. The summed E-state index contributed by atoms with van der Waals surface area (Å²) in [6.45, 7) is 10.1. The van der Waals surface area contributed by atoms with Crippen LogP contribution in [-0.4, -0.2) is 17.1 Å². The van der Waals surface area contributed by atoms with Gasteiger partial charge in [-0.05, 0) is 32.9 Å². The Morgan fingerprint density at radius 3 is 2.75 bits per heavy atom. The SMILES string of the molecule is CCNCc1cc(OC(C)(C)CC)ccn1. The molecule has 0 aromatic carbocycles. The molecule has 0 aliphatic carbocycles. The summed E-state index contributed by atoms with van der Waals surface area (Å²) in [5, 5.41) is 3.25. The molecule has 3 nitrogen and oxygen atoms in total. The van der Waals surface area contributed by atoms with Crippen LogP contribution in [0.3, 0.4) is 0 Å². The molecule has 0 aliphatic heterocycles. The molecule has 0 amide bonds. The van der Waals surface area contributed by atoms with Crippen molar-refractivity contribution in [3.8, 4) is 5.75 Å². The molecule has 1 N–H and O–H groups in total. The van der Waals surface area contributed by atoms with Gasteiger partial charge >= 0.3 is 0 Å². The van der Waals surface area contributed by atoms with Gasteiger partial charge in [0.2, 0.25) is 0 Å². The van der Waals surface area contributed by atoms with Gasteiger partial charge in [0.15, 0.2) is 0 Å². The maximum absolute atomic E-state index is 5.90. The quantitative estimate of drug-likeness (QED) is 0.803. The Hall–Kier alpha value is -1.09. The van der Waals surface area contributed by atoms with E-state index in [2.05, 4.69) is 38.0 Å². The van der Waals surface area contributed by atoms with Crippen LogP contribution in [0, 0.1) is 0 Å². The van der Waals surface area contributed by atoms with Crippen LogP contribution in [0.1, 0.15) is 39.8 Å². The van der Waals surface area contributed by atoms with E-state index in [-0.39, 0.29) is 5.60 Å². The van der Waals surface area contributed by atoms with Crippen molar-refractivity contribution in [1.82, 2.24) is 10.3 Å². The van der Waals surface area contributed by atoms with Crippen LogP contribution in [0.4, 0.5) is 0 Å². The number of nitrogens with one attached hydrogen (secondary N) is 1. The Balaban J connectivity index is 2.67. The van der Waals surface area contributed by atoms with Gasteiger partial charge in [-0.1, -0.05) is 13.8 Å². The first kappa shape index (κ1) is 13.0. The molecule has 1 aromatic rings. The molecular formula is C13H22N2O. The summed E-state index contributed by atoms with van der Waals surface area (Å²) in [7, 11) is 0. The molecule has 16 heavy (non-hydrogen) atoms. The summed E-state index contributed by atoms with van der Waals surface area (Å²) in [6, 6.07) is 3.91. The van der Waals surface area contributed by atoms with Crippen molar-refractivity contribution < 1.29 is 4.74 Å². The number of hydrogen-bond donors (Lipinski definition) is 1.